The number of imidazole rings is 1. The van der Waals surface area contributed by atoms with Gasteiger partial charge in [0.05, 0.1) is 11.0 Å². The average Bonchev–Trinajstić information content (AvgIpc) is 2.72. The largest absolute Gasteiger partial charge is 0.371 e. The molecule has 5 heteroatoms. The fourth-order valence-corrected chi connectivity index (χ4v) is 2.78. The van der Waals surface area contributed by atoms with Crippen molar-refractivity contribution < 1.29 is 1.41 Å². The van der Waals surface area contributed by atoms with Crippen LogP contribution in [0.2, 0.25) is 1.41 Å². The zero-order valence-corrected chi connectivity index (χ0v) is 11.4. The van der Waals surface area contributed by atoms with E-state index in [2.05, 4.69) is 10.2 Å². The van der Waals surface area contributed by atoms with Crippen molar-refractivity contribution in [2.24, 2.45) is 7.05 Å². The third-order valence-corrected chi connectivity index (χ3v) is 4.09. The first-order valence-corrected chi connectivity index (χ1v) is 6.75. The highest BCUT2D eigenvalue weighted by Gasteiger charge is 2.18. The number of fused-ring (bicyclic) bond motifs is 1. The fourth-order valence-electron chi connectivity index (χ4n) is 2.78. The van der Waals surface area contributed by atoms with Crippen LogP contribution in [0.5, 0.6) is 0 Å². The Balaban J connectivity index is 1.94. The van der Waals surface area contributed by atoms with E-state index in [1.165, 1.54) is 4.57 Å². The monoisotopic (exact) mass is 261 g/mol. The zero-order chi connectivity index (χ0) is 14.3. The lowest BCUT2D eigenvalue weighted by Crippen LogP contribution is -2.41. The molecule has 0 amide bonds. The molecule has 5 nitrogen and oxygen atoms in total. The van der Waals surface area contributed by atoms with Gasteiger partial charge in [0.1, 0.15) is 0 Å². The summed E-state index contributed by atoms with van der Waals surface area (Å²) >= 11 is 0. The summed E-state index contributed by atoms with van der Waals surface area (Å²) in [6, 6.07) is 6.49. The molecule has 0 aliphatic carbocycles. The molecule has 0 atom stereocenters. The number of aromatic amines is 1. The highest BCUT2D eigenvalue weighted by atomic mass is 16.1. The van der Waals surface area contributed by atoms with E-state index < -0.39 is 0 Å². The Morgan fingerprint density at radius 1 is 1.42 bits per heavy atom. The molecule has 0 saturated carbocycles. The van der Waals surface area contributed by atoms with Crippen molar-refractivity contribution in [2.45, 2.75) is 18.9 Å². The van der Waals surface area contributed by atoms with E-state index in [1.54, 1.807) is 7.05 Å². The minimum atomic E-state index is -0.300. The number of H-pyrrole nitrogens is 1. The van der Waals surface area contributed by atoms with Gasteiger partial charge in [0, 0.05) is 31.9 Å². The highest BCUT2D eigenvalue weighted by Crippen LogP contribution is 2.23. The van der Waals surface area contributed by atoms with Crippen LogP contribution in [0.25, 0.3) is 11.0 Å². The maximum absolute atomic E-state index is 11.8. The number of aromatic nitrogens is 2. The fraction of sp³-hybridized carbons (Fsp3) is 0.500. The summed E-state index contributed by atoms with van der Waals surface area (Å²) in [6.07, 6.45) is 2.26. The highest BCUT2D eigenvalue weighted by molar-refractivity contribution is 5.79. The number of hydrogen-bond donors (Lipinski definition) is 2. The van der Waals surface area contributed by atoms with Crippen molar-refractivity contribution in [1.82, 2.24) is 14.9 Å². The van der Waals surface area contributed by atoms with Crippen LogP contribution in [0, 0.1) is 0 Å². The second-order valence-corrected chi connectivity index (χ2v) is 5.18. The van der Waals surface area contributed by atoms with Crippen LogP contribution < -0.4 is 15.9 Å². The molecule has 1 aromatic carbocycles. The predicted octanol–water partition coefficient (Wildman–Crippen LogP) is 1.05. The number of aryl methyl sites for hydroxylation is 1. The maximum Gasteiger partial charge on any atom is 0.326 e. The SMILES string of the molecule is [2H]n1c(=O)n(C)c2cc(N3CCC(NC)CC3)ccc21. The molecule has 0 unspecified atom stereocenters. The van der Waals surface area contributed by atoms with E-state index in [0.717, 1.165) is 42.1 Å². The number of piperidine rings is 1. The van der Waals surface area contributed by atoms with Gasteiger partial charge in [0.2, 0.25) is 0 Å². The van der Waals surface area contributed by atoms with Crippen molar-refractivity contribution in [1.29, 1.82) is 0 Å². The topological polar surface area (TPSA) is 53.1 Å². The van der Waals surface area contributed by atoms with Gasteiger partial charge in [-0.15, -0.1) is 0 Å². The second kappa shape index (κ2) is 4.74. The molecule has 3 rings (SSSR count). The Bertz CT molecular complexity index is 682. The lowest BCUT2D eigenvalue weighted by atomic mass is 10.0. The molecule has 0 spiro atoms. The van der Waals surface area contributed by atoms with Gasteiger partial charge in [0.15, 0.2) is 1.41 Å². The van der Waals surface area contributed by atoms with Gasteiger partial charge in [-0.05, 0) is 38.1 Å². The third-order valence-electron chi connectivity index (χ3n) is 4.09. The summed E-state index contributed by atoms with van der Waals surface area (Å²) in [7, 11) is 3.73. The number of hydrogen-bond acceptors (Lipinski definition) is 3. The van der Waals surface area contributed by atoms with Crippen LogP contribution >= 0.6 is 0 Å². The van der Waals surface area contributed by atoms with Gasteiger partial charge in [-0.25, -0.2) is 4.79 Å². The summed E-state index contributed by atoms with van der Waals surface area (Å²) in [5.41, 5.74) is 2.31. The Morgan fingerprint density at radius 2 is 2.16 bits per heavy atom. The van der Waals surface area contributed by atoms with Crippen molar-refractivity contribution in [3.05, 3.63) is 28.7 Å². The quantitative estimate of drug-likeness (QED) is 0.850. The maximum atomic E-state index is 11.8. The number of nitrogens with one attached hydrogen (secondary N) is 2. The molecule has 2 heterocycles. The van der Waals surface area contributed by atoms with Gasteiger partial charge < -0.3 is 15.2 Å². The summed E-state index contributed by atoms with van der Waals surface area (Å²) in [5.74, 6) is 0. The van der Waals surface area contributed by atoms with Crippen LogP contribution in [0.3, 0.4) is 0 Å². The molecule has 0 radical (unpaired) electrons. The lowest BCUT2D eigenvalue weighted by Gasteiger charge is -2.33. The molecule has 0 bridgehead atoms. The summed E-state index contributed by atoms with van der Waals surface area (Å²) < 4.78 is 9.27. The van der Waals surface area contributed by atoms with Crippen molar-refractivity contribution in [3.63, 3.8) is 0 Å². The lowest BCUT2D eigenvalue weighted by molar-refractivity contribution is 0.442. The summed E-state index contributed by atoms with van der Waals surface area (Å²) in [5, 5.41) is 3.33. The van der Waals surface area contributed by atoms with Crippen LogP contribution in [0.1, 0.15) is 12.8 Å². The standard InChI is InChI=1S/C14H20N4O/c1-15-10-5-7-18(8-6-10)11-3-4-12-13(9-11)17(2)14(19)16-12/h3-4,9-10,15H,5-8H2,1-2H3,(H,16,19)/i/hD. The molecule has 1 aliphatic rings. The normalized spacial score (nSPS) is 18.0. The molecule has 102 valence electrons. The van der Waals surface area contributed by atoms with E-state index in [4.69, 9.17) is 1.41 Å². The van der Waals surface area contributed by atoms with Gasteiger partial charge in [-0.2, -0.15) is 0 Å². The van der Waals surface area contributed by atoms with E-state index in [9.17, 15) is 4.79 Å². The minimum Gasteiger partial charge on any atom is -0.371 e. The van der Waals surface area contributed by atoms with Crippen LogP contribution in [-0.2, 0) is 7.05 Å². The molecule has 1 aliphatic heterocycles. The van der Waals surface area contributed by atoms with Crippen LogP contribution in [-0.4, -0.2) is 35.7 Å². The Hall–Kier alpha value is -1.75. The zero-order valence-electron chi connectivity index (χ0n) is 12.4. The average molecular weight is 261 g/mol. The Labute approximate surface area is 113 Å². The molecule has 2 aromatic rings. The van der Waals surface area contributed by atoms with Crippen molar-refractivity contribution >= 4 is 16.7 Å². The smallest absolute Gasteiger partial charge is 0.326 e. The molecule has 19 heavy (non-hydrogen) atoms. The van der Waals surface area contributed by atoms with E-state index in [1.807, 2.05) is 25.2 Å². The van der Waals surface area contributed by atoms with Gasteiger partial charge in [-0.3, -0.25) is 4.57 Å². The first-order chi connectivity index (χ1) is 9.61. The van der Waals surface area contributed by atoms with Crippen molar-refractivity contribution in [3.8, 4) is 0 Å². The molecular formula is C14H20N4O. The third kappa shape index (κ3) is 2.14. The van der Waals surface area contributed by atoms with E-state index >= 15 is 0 Å². The molecule has 1 saturated heterocycles. The predicted molar refractivity (Wildman–Crippen MR) is 77.8 cm³/mol. The second-order valence-electron chi connectivity index (χ2n) is 5.18. The van der Waals surface area contributed by atoms with Gasteiger partial charge >= 0.3 is 5.69 Å². The Morgan fingerprint density at radius 3 is 2.84 bits per heavy atom. The minimum absolute atomic E-state index is 0.300. The molecular weight excluding hydrogens is 240 g/mol. The number of nitrogens with zero attached hydrogens (tertiary/aromatic N) is 2. The molecule has 1 aromatic heterocycles. The van der Waals surface area contributed by atoms with E-state index in [0.29, 0.717) is 11.6 Å². The van der Waals surface area contributed by atoms with E-state index in [-0.39, 0.29) is 5.69 Å². The number of rotatable bonds is 2. The Kier molecular flexibility index (Phi) is 2.77. The number of benzene rings is 1. The van der Waals surface area contributed by atoms with Gasteiger partial charge in [0.25, 0.3) is 0 Å². The van der Waals surface area contributed by atoms with Crippen LogP contribution in [0.4, 0.5) is 5.69 Å². The van der Waals surface area contributed by atoms with Crippen LogP contribution in [0.15, 0.2) is 23.0 Å². The first-order valence-electron chi connectivity index (χ1n) is 7.19. The van der Waals surface area contributed by atoms with Gasteiger partial charge in [-0.1, -0.05) is 0 Å². The molecule has 2 N–H and O–H groups in total. The number of anilines is 1. The summed E-state index contributed by atoms with van der Waals surface area (Å²) in [4.78, 5) is 15.1. The first kappa shape index (κ1) is 11.1. The molecule has 1 fully saturated rings. The summed E-state index contributed by atoms with van der Waals surface area (Å²) in [6.45, 7) is 2.04. The van der Waals surface area contributed by atoms with Crippen molar-refractivity contribution in [2.75, 3.05) is 25.0 Å².